The fraction of sp³-hybridized carbons (Fsp3) is 0.333. The molecule has 0 saturated carbocycles. The third kappa shape index (κ3) is 1.15. The number of hydrazine groups is 1. The monoisotopic (exact) mass is 140 g/mol. The molecule has 0 aliphatic carbocycles. The van der Waals surface area contributed by atoms with E-state index in [4.69, 9.17) is 0 Å². The summed E-state index contributed by atoms with van der Waals surface area (Å²) in [4.78, 5) is 21.3. The van der Waals surface area contributed by atoms with Gasteiger partial charge in [0.05, 0.1) is 6.54 Å². The number of nitrogens with one attached hydrogen (secondary N) is 1. The summed E-state index contributed by atoms with van der Waals surface area (Å²) in [6.07, 6.45) is 1.53. The van der Waals surface area contributed by atoms with Gasteiger partial charge >= 0.3 is 0 Å². The molecule has 10 heavy (non-hydrogen) atoms. The predicted octanol–water partition coefficient (Wildman–Crippen LogP) is -0.564. The Labute approximate surface area is 58.5 Å². The Bertz CT molecular complexity index is 188. The van der Waals surface area contributed by atoms with Gasteiger partial charge in [-0.1, -0.05) is 6.08 Å². The van der Waals surface area contributed by atoms with Crippen LogP contribution in [0, 0.1) is 0 Å². The molecule has 1 aliphatic rings. The number of hydrogen-bond acceptors (Lipinski definition) is 2. The number of rotatable bonds is 2. The number of hydrogen-bond donors (Lipinski definition) is 1. The van der Waals surface area contributed by atoms with Crippen LogP contribution >= 0.6 is 0 Å². The maximum Gasteiger partial charge on any atom is 0.250 e. The minimum Gasteiger partial charge on any atom is -0.273 e. The van der Waals surface area contributed by atoms with E-state index in [1.165, 1.54) is 5.01 Å². The van der Waals surface area contributed by atoms with E-state index >= 15 is 0 Å². The highest BCUT2D eigenvalue weighted by molar-refractivity contribution is 6.02. The van der Waals surface area contributed by atoms with Crippen molar-refractivity contribution in [3.05, 3.63) is 12.7 Å². The van der Waals surface area contributed by atoms with Crippen LogP contribution in [0.5, 0.6) is 0 Å². The quantitative estimate of drug-likeness (QED) is 0.412. The van der Waals surface area contributed by atoms with Gasteiger partial charge in [0.2, 0.25) is 5.91 Å². The molecule has 1 N–H and O–H groups in total. The molecule has 2 amide bonds. The van der Waals surface area contributed by atoms with E-state index in [9.17, 15) is 9.59 Å². The highest BCUT2D eigenvalue weighted by atomic mass is 16.2. The Morgan fingerprint density at radius 3 is 2.80 bits per heavy atom. The van der Waals surface area contributed by atoms with Crippen LogP contribution in [0.25, 0.3) is 0 Å². The molecule has 1 rings (SSSR count). The van der Waals surface area contributed by atoms with Crippen LogP contribution in [-0.4, -0.2) is 23.4 Å². The van der Waals surface area contributed by atoms with E-state index in [0.29, 0.717) is 6.54 Å². The van der Waals surface area contributed by atoms with Crippen LogP contribution in [0.2, 0.25) is 0 Å². The molecule has 0 spiro atoms. The molecule has 0 unspecified atom stereocenters. The lowest BCUT2D eigenvalue weighted by Gasteiger charge is -2.10. The topological polar surface area (TPSA) is 49.4 Å². The largest absolute Gasteiger partial charge is 0.273 e. The summed E-state index contributed by atoms with van der Waals surface area (Å²) >= 11 is 0. The van der Waals surface area contributed by atoms with Crippen LogP contribution in [0.3, 0.4) is 0 Å². The van der Waals surface area contributed by atoms with Crippen LogP contribution in [0.4, 0.5) is 0 Å². The van der Waals surface area contributed by atoms with Gasteiger partial charge in [0.15, 0.2) is 0 Å². The SMILES string of the molecule is C=CCN1NC(=O)CC1=O. The van der Waals surface area contributed by atoms with Crippen LogP contribution in [0.15, 0.2) is 12.7 Å². The van der Waals surface area contributed by atoms with Crippen molar-refractivity contribution in [3.63, 3.8) is 0 Å². The van der Waals surface area contributed by atoms with Crippen molar-refractivity contribution in [2.24, 2.45) is 0 Å². The normalized spacial score (nSPS) is 17.4. The maximum absolute atomic E-state index is 10.8. The minimum absolute atomic E-state index is 0.0339. The number of nitrogens with zero attached hydrogens (tertiary/aromatic N) is 1. The zero-order chi connectivity index (χ0) is 7.56. The fourth-order valence-corrected chi connectivity index (χ4v) is 0.762. The Morgan fingerprint density at radius 2 is 2.40 bits per heavy atom. The van der Waals surface area contributed by atoms with Gasteiger partial charge in [-0.2, -0.15) is 0 Å². The van der Waals surface area contributed by atoms with Gasteiger partial charge in [0.25, 0.3) is 5.91 Å². The van der Waals surface area contributed by atoms with Gasteiger partial charge in [0.1, 0.15) is 6.42 Å². The Kier molecular flexibility index (Phi) is 1.71. The zero-order valence-electron chi connectivity index (χ0n) is 5.46. The lowest BCUT2D eigenvalue weighted by atomic mass is 10.4. The van der Waals surface area contributed by atoms with E-state index < -0.39 is 0 Å². The number of carbonyl (C=O) groups is 2. The van der Waals surface area contributed by atoms with Crippen molar-refractivity contribution in [2.45, 2.75) is 6.42 Å². The van der Waals surface area contributed by atoms with Crippen LogP contribution < -0.4 is 5.43 Å². The molecule has 0 aromatic carbocycles. The Balaban J connectivity index is 2.54. The smallest absolute Gasteiger partial charge is 0.250 e. The van der Waals surface area contributed by atoms with Crippen molar-refractivity contribution < 1.29 is 9.59 Å². The first-order chi connectivity index (χ1) is 4.74. The van der Waals surface area contributed by atoms with Crippen molar-refractivity contribution in [1.82, 2.24) is 10.4 Å². The summed E-state index contributed by atoms with van der Waals surface area (Å²) in [6, 6.07) is 0. The minimum atomic E-state index is -0.244. The maximum atomic E-state index is 10.8. The Hall–Kier alpha value is -1.32. The van der Waals surface area contributed by atoms with Crippen molar-refractivity contribution in [3.8, 4) is 0 Å². The molecular weight excluding hydrogens is 132 g/mol. The van der Waals surface area contributed by atoms with Gasteiger partial charge in [-0.3, -0.25) is 15.0 Å². The van der Waals surface area contributed by atoms with E-state index in [0.717, 1.165) is 0 Å². The first-order valence-corrected chi connectivity index (χ1v) is 2.95. The second-order valence-electron chi connectivity index (χ2n) is 2.00. The zero-order valence-corrected chi connectivity index (χ0v) is 5.46. The van der Waals surface area contributed by atoms with Gasteiger partial charge in [-0.15, -0.1) is 6.58 Å². The molecule has 4 heteroatoms. The van der Waals surface area contributed by atoms with Gasteiger partial charge in [-0.25, -0.2) is 5.01 Å². The van der Waals surface area contributed by atoms with Gasteiger partial charge in [0, 0.05) is 0 Å². The highest BCUT2D eigenvalue weighted by Crippen LogP contribution is 1.99. The summed E-state index contributed by atoms with van der Waals surface area (Å²) in [7, 11) is 0. The average molecular weight is 140 g/mol. The second-order valence-corrected chi connectivity index (χ2v) is 2.00. The summed E-state index contributed by atoms with van der Waals surface area (Å²) in [5.41, 5.74) is 2.38. The van der Waals surface area contributed by atoms with E-state index in [1.807, 2.05) is 0 Å². The first kappa shape index (κ1) is 6.80. The molecule has 0 bridgehead atoms. The van der Waals surface area contributed by atoms with E-state index in [1.54, 1.807) is 6.08 Å². The van der Waals surface area contributed by atoms with Crippen LogP contribution in [-0.2, 0) is 9.59 Å². The molecule has 0 atom stereocenters. The molecule has 0 radical (unpaired) electrons. The summed E-state index contributed by atoms with van der Waals surface area (Å²) < 4.78 is 0. The molecule has 1 heterocycles. The molecule has 1 fully saturated rings. The highest BCUT2D eigenvalue weighted by Gasteiger charge is 2.25. The van der Waals surface area contributed by atoms with E-state index in [2.05, 4.69) is 12.0 Å². The third-order valence-corrected chi connectivity index (χ3v) is 1.18. The van der Waals surface area contributed by atoms with Crippen molar-refractivity contribution >= 4 is 11.8 Å². The van der Waals surface area contributed by atoms with Gasteiger partial charge in [-0.05, 0) is 0 Å². The molecule has 0 aromatic rings. The second kappa shape index (κ2) is 2.51. The lowest BCUT2D eigenvalue weighted by molar-refractivity contribution is -0.129. The molecule has 4 nitrogen and oxygen atoms in total. The first-order valence-electron chi connectivity index (χ1n) is 2.95. The molecular formula is C6H8N2O2. The standard InChI is InChI=1S/C6H8N2O2/c1-2-3-8-6(10)4-5(9)7-8/h2H,1,3-4H2,(H,7,9). The number of amides is 2. The summed E-state index contributed by atoms with van der Waals surface area (Å²) in [5, 5.41) is 1.25. The molecule has 1 saturated heterocycles. The lowest BCUT2D eigenvalue weighted by Crippen LogP contribution is -2.35. The molecule has 54 valence electrons. The molecule has 1 aliphatic heterocycles. The Morgan fingerprint density at radius 1 is 1.70 bits per heavy atom. The average Bonchev–Trinajstić information content (AvgIpc) is 2.13. The van der Waals surface area contributed by atoms with Crippen LogP contribution in [0.1, 0.15) is 6.42 Å². The molecule has 0 aromatic heterocycles. The third-order valence-electron chi connectivity index (χ3n) is 1.18. The fourth-order valence-electron chi connectivity index (χ4n) is 0.762. The van der Waals surface area contributed by atoms with Crippen molar-refractivity contribution in [1.29, 1.82) is 0 Å². The summed E-state index contributed by atoms with van der Waals surface area (Å²) in [6.45, 7) is 3.82. The van der Waals surface area contributed by atoms with E-state index in [-0.39, 0.29) is 18.2 Å². The summed E-state index contributed by atoms with van der Waals surface area (Å²) in [5.74, 6) is -0.434. The van der Waals surface area contributed by atoms with Crippen molar-refractivity contribution in [2.75, 3.05) is 6.54 Å². The number of carbonyl (C=O) groups excluding carboxylic acids is 2. The predicted molar refractivity (Wildman–Crippen MR) is 34.7 cm³/mol. The van der Waals surface area contributed by atoms with Gasteiger partial charge < -0.3 is 0 Å².